The molecule has 0 radical (unpaired) electrons. The lowest BCUT2D eigenvalue weighted by Gasteiger charge is -2.46. The Balaban J connectivity index is 2.18. The molecule has 1 saturated heterocycles. The van der Waals surface area contributed by atoms with Gasteiger partial charge in [-0.05, 0) is 37.3 Å². The minimum Gasteiger partial charge on any atom is -0.314 e. The van der Waals surface area contributed by atoms with Crippen molar-refractivity contribution in [1.29, 1.82) is 0 Å². The predicted octanol–water partition coefficient (Wildman–Crippen LogP) is 3.73. The summed E-state index contributed by atoms with van der Waals surface area (Å²) in [6.45, 7) is 17.1. The van der Waals surface area contributed by atoms with Gasteiger partial charge in [-0.1, -0.05) is 45.0 Å². The molecule has 1 aromatic rings. The molecule has 1 heterocycles. The monoisotopic (exact) mass is 274 g/mol. The molecule has 1 N–H and O–H groups in total. The number of piperazine rings is 1. The van der Waals surface area contributed by atoms with Gasteiger partial charge in [-0.2, -0.15) is 0 Å². The van der Waals surface area contributed by atoms with Crippen LogP contribution in [0.4, 0.5) is 0 Å². The van der Waals surface area contributed by atoms with Gasteiger partial charge >= 0.3 is 0 Å². The highest BCUT2D eigenvalue weighted by atomic mass is 15.3. The van der Waals surface area contributed by atoms with E-state index in [2.05, 4.69) is 76.0 Å². The summed E-state index contributed by atoms with van der Waals surface area (Å²) in [4.78, 5) is 2.62. The van der Waals surface area contributed by atoms with Gasteiger partial charge in [-0.15, -0.1) is 0 Å². The van der Waals surface area contributed by atoms with Crippen molar-refractivity contribution in [3.63, 3.8) is 0 Å². The summed E-state index contributed by atoms with van der Waals surface area (Å²) in [5.41, 5.74) is 3.29. The lowest BCUT2D eigenvalue weighted by Crippen LogP contribution is -2.58. The van der Waals surface area contributed by atoms with Crippen LogP contribution >= 0.6 is 0 Å². The summed E-state index contributed by atoms with van der Waals surface area (Å²) < 4.78 is 0. The highest BCUT2D eigenvalue weighted by molar-refractivity contribution is 5.29. The van der Waals surface area contributed by atoms with Gasteiger partial charge < -0.3 is 5.32 Å². The van der Waals surface area contributed by atoms with Crippen molar-refractivity contribution >= 4 is 0 Å². The number of hydrogen-bond donors (Lipinski definition) is 1. The molecule has 1 unspecified atom stereocenters. The van der Waals surface area contributed by atoms with Crippen molar-refractivity contribution in [2.45, 2.75) is 58.5 Å². The lowest BCUT2D eigenvalue weighted by molar-refractivity contribution is 0.0516. The van der Waals surface area contributed by atoms with Gasteiger partial charge in [0, 0.05) is 31.2 Å². The van der Waals surface area contributed by atoms with Crippen LogP contribution in [0.3, 0.4) is 0 Å². The smallest absolute Gasteiger partial charge is 0.0326 e. The zero-order valence-electron chi connectivity index (χ0n) is 14.0. The number of hydrogen-bond acceptors (Lipinski definition) is 2. The minimum atomic E-state index is 0.223. The third-order valence-corrected chi connectivity index (χ3v) is 4.59. The molecule has 1 aromatic carbocycles. The van der Waals surface area contributed by atoms with E-state index in [1.54, 1.807) is 0 Å². The molecule has 0 bridgehead atoms. The molecule has 2 rings (SSSR count). The largest absolute Gasteiger partial charge is 0.314 e. The van der Waals surface area contributed by atoms with E-state index in [1.807, 2.05) is 0 Å². The van der Waals surface area contributed by atoms with E-state index in [0.717, 1.165) is 19.6 Å². The van der Waals surface area contributed by atoms with Crippen molar-refractivity contribution in [2.24, 2.45) is 0 Å². The predicted molar refractivity (Wildman–Crippen MR) is 87.2 cm³/mol. The van der Waals surface area contributed by atoms with Crippen LogP contribution in [0.5, 0.6) is 0 Å². The van der Waals surface area contributed by atoms with Crippen molar-refractivity contribution < 1.29 is 0 Å². The third kappa shape index (κ3) is 3.24. The minimum absolute atomic E-state index is 0.223. The summed E-state index contributed by atoms with van der Waals surface area (Å²) in [6.07, 6.45) is 0. The Morgan fingerprint density at radius 2 is 1.75 bits per heavy atom. The molecule has 1 fully saturated rings. The topological polar surface area (TPSA) is 15.3 Å². The normalized spacial score (nSPS) is 21.7. The number of nitrogens with one attached hydrogen (secondary N) is 1. The van der Waals surface area contributed by atoms with E-state index in [4.69, 9.17) is 0 Å². The van der Waals surface area contributed by atoms with Crippen LogP contribution in [0.2, 0.25) is 0 Å². The second-order valence-electron chi connectivity index (χ2n) is 7.73. The summed E-state index contributed by atoms with van der Waals surface area (Å²) >= 11 is 0. The number of benzene rings is 1. The van der Waals surface area contributed by atoms with Crippen LogP contribution in [-0.2, 0) is 5.41 Å². The van der Waals surface area contributed by atoms with E-state index in [1.165, 1.54) is 11.1 Å². The molecule has 2 heteroatoms. The SMILES string of the molecule is CC(c1ccc(C(C)(C)C)cc1)N1CCNCC1(C)C. The second kappa shape index (κ2) is 5.50. The summed E-state index contributed by atoms with van der Waals surface area (Å²) in [5, 5.41) is 3.50. The standard InChI is InChI=1S/C18H30N2/c1-14(20-12-11-19-13-18(20,5)6)15-7-9-16(10-8-15)17(2,3)4/h7-10,14,19H,11-13H2,1-6H3. The maximum absolute atomic E-state index is 3.50. The molecule has 0 spiro atoms. The van der Waals surface area contributed by atoms with Crippen LogP contribution in [0.1, 0.15) is 58.7 Å². The maximum atomic E-state index is 3.50. The van der Waals surface area contributed by atoms with Gasteiger partial charge in [0.25, 0.3) is 0 Å². The first kappa shape index (κ1) is 15.5. The van der Waals surface area contributed by atoms with Gasteiger partial charge in [0.05, 0.1) is 0 Å². The summed E-state index contributed by atoms with van der Waals surface area (Å²) in [6, 6.07) is 9.68. The van der Waals surface area contributed by atoms with Gasteiger partial charge in [0.15, 0.2) is 0 Å². The molecule has 1 aliphatic heterocycles. The molecule has 2 nitrogen and oxygen atoms in total. The van der Waals surface area contributed by atoms with E-state index in [0.29, 0.717) is 6.04 Å². The highest BCUT2D eigenvalue weighted by Gasteiger charge is 2.33. The molecule has 0 saturated carbocycles. The van der Waals surface area contributed by atoms with Crippen LogP contribution in [0, 0.1) is 0 Å². The molecule has 1 aliphatic rings. The van der Waals surface area contributed by atoms with E-state index in [-0.39, 0.29) is 11.0 Å². The fourth-order valence-electron chi connectivity index (χ4n) is 3.16. The molecular weight excluding hydrogens is 244 g/mol. The van der Waals surface area contributed by atoms with Gasteiger partial charge in [-0.3, -0.25) is 4.90 Å². The van der Waals surface area contributed by atoms with Crippen molar-refractivity contribution in [2.75, 3.05) is 19.6 Å². The molecule has 1 atom stereocenters. The Hall–Kier alpha value is -0.860. The van der Waals surface area contributed by atoms with E-state index >= 15 is 0 Å². The van der Waals surface area contributed by atoms with Crippen LogP contribution < -0.4 is 5.32 Å². The number of rotatable bonds is 2. The Morgan fingerprint density at radius 1 is 1.15 bits per heavy atom. The van der Waals surface area contributed by atoms with Gasteiger partial charge in [0.1, 0.15) is 0 Å². The fourth-order valence-corrected chi connectivity index (χ4v) is 3.16. The van der Waals surface area contributed by atoms with Crippen molar-refractivity contribution in [3.8, 4) is 0 Å². The molecule has 0 aliphatic carbocycles. The molecule has 112 valence electrons. The van der Waals surface area contributed by atoms with Gasteiger partial charge in [0.2, 0.25) is 0 Å². The second-order valence-corrected chi connectivity index (χ2v) is 7.73. The lowest BCUT2D eigenvalue weighted by atomic mass is 9.86. The third-order valence-electron chi connectivity index (χ3n) is 4.59. The first-order valence-corrected chi connectivity index (χ1v) is 7.80. The average molecular weight is 274 g/mol. The Morgan fingerprint density at radius 3 is 2.25 bits per heavy atom. The fraction of sp³-hybridized carbons (Fsp3) is 0.667. The average Bonchev–Trinajstić information content (AvgIpc) is 2.36. The highest BCUT2D eigenvalue weighted by Crippen LogP contribution is 2.30. The van der Waals surface area contributed by atoms with Gasteiger partial charge in [-0.25, -0.2) is 0 Å². The van der Waals surface area contributed by atoms with Crippen molar-refractivity contribution in [1.82, 2.24) is 10.2 Å². The van der Waals surface area contributed by atoms with Crippen LogP contribution in [0.15, 0.2) is 24.3 Å². The Labute approximate surface area is 124 Å². The van der Waals surface area contributed by atoms with E-state index in [9.17, 15) is 0 Å². The first-order valence-electron chi connectivity index (χ1n) is 7.80. The summed E-state index contributed by atoms with van der Waals surface area (Å²) in [5.74, 6) is 0. The first-order chi connectivity index (χ1) is 9.22. The zero-order valence-corrected chi connectivity index (χ0v) is 14.0. The maximum Gasteiger partial charge on any atom is 0.0326 e. The van der Waals surface area contributed by atoms with Crippen LogP contribution in [0.25, 0.3) is 0 Å². The molecule has 0 aromatic heterocycles. The molecule has 0 amide bonds. The zero-order chi connectivity index (χ0) is 15.0. The Bertz CT molecular complexity index is 439. The number of nitrogens with zero attached hydrogens (tertiary/aromatic N) is 1. The molecule has 20 heavy (non-hydrogen) atoms. The quantitative estimate of drug-likeness (QED) is 0.884. The van der Waals surface area contributed by atoms with Crippen molar-refractivity contribution in [3.05, 3.63) is 35.4 Å². The Kier molecular flexibility index (Phi) is 4.27. The van der Waals surface area contributed by atoms with Crippen LogP contribution in [-0.4, -0.2) is 30.1 Å². The summed E-state index contributed by atoms with van der Waals surface area (Å²) in [7, 11) is 0. The van der Waals surface area contributed by atoms with E-state index < -0.39 is 0 Å². The molecular formula is C18H30N2.